The van der Waals surface area contributed by atoms with Crippen LogP contribution in [0.3, 0.4) is 0 Å². The highest BCUT2D eigenvalue weighted by Gasteiger charge is 2.24. The van der Waals surface area contributed by atoms with E-state index in [0.29, 0.717) is 0 Å². The molecule has 0 aliphatic heterocycles. The van der Waals surface area contributed by atoms with Crippen LogP contribution in [0.2, 0.25) is 0 Å². The Bertz CT molecular complexity index is 135. The summed E-state index contributed by atoms with van der Waals surface area (Å²) in [5.74, 6) is 2.32. The van der Waals surface area contributed by atoms with Crippen LogP contribution in [0, 0.1) is 17.8 Å². The summed E-state index contributed by atoms with van der Waals surface area (Å²) in [4.78, 5) is -0.0405. The van der Waals surface area contributed by atoms with Crippen molar-refractivity contribution in [3.63, 3.8) is 0 Å². The highest BCUT2D eigenvalue weighted by molar-refractivity contribution is 6.23. The van der Waals surface area contributed by atoms with E-state index in [9.17, 15) is 0 Å². The minimum atomic E-state index is -0.0405. The molecule has 0 saturated heterocycles. The summed E-state index contributed by atoms with van der Waals surface area (Å²) < 4.78 is 0. The second-order valence-corrected chi connectivity index (χ2v) is 6.17. The predicted molar refractivity (Wildman–Crippen MR) is 62.3 cm³/mol. The van der Waals surface area contributed by atoms with Crippen LogP contribution in [0.4, 0.5) is 0 Å². The smallest absolute Gasteiger partial charge is 0.0393 e. The van der Waals surface area contributed by atoms with Gasteiger partial charge in [-0.15, -0.1) is 11.6 Å². The monoisotopic (exact) mass is 204 g/mol. The molecule has 13 heavy (non-hydrogen) atoms. The van der Waals surface area contributed by atoms with Crippen molar-refractivity contribution >= 4 is 11.6 Å². The van der Waals surface area contributed by atoms with Crippen LogP contribution in [-0.2, 0) is 0 Å². The Kier molecular flexibility index (Phi) is 5.36. The summed E-state index contributed by atoms with van der Waals surface area (Å²) in [6, 6.07) is 0. The molecule has 0 nitrogen and oxygen atoms in total. The van der Waals surface area contributed by atoms with Gasteiger partial charge in [0.05, 0.1) is 0 Å². The third kappa shape index (κ3) is 5.57. The van der Waals surface area contributed by atoms with Crippen molar-refractivity contribution in [2.24, 2.45) is 17.8 Å². The van der Waals surface area contributed by atoms with Crippen molar-refractivity contribution < 1.29 is 0 Å². The molecule has 0 aromatic heterocycles. The van der Waals surface area contributed by atoms with Crippen molar-refractivity contribution in [2.45, 2.75) is 59.3 Å². The molecule has 0 N–H and O–H groups in total. The van der Waals surface area contributed by atoms with Crippen molar-refractivity contribution in [1.82, 2.24) is 0 Å². The fourth-order valence-corrected chi connectivity index (χ4v) is 2.13. The van der Waals surface area contributed by atoms with Crippen LogP contribution in [0.5, 0.6) is 0 Å². The predicted octanol–water partition coefficient (Wildman–Crippen LogP) is 4.71. The van der Waals surface area contributed by atoms with E-state index < -0.39 is 0 Å². The Hall–Kier alpha value is 0.290. The van der Waals surface area contributed by atoms with Crippen molar-refractivity contribution in [1.29, 1.82) is 0 Å². The van der Waals surface area contributed by atoms with E-state index in [4.69, 9.17) is 11.6 Å². The van der Waals surface area contributed by atoms with E-state index in [0.717, 1.165) is 24.2 Å². The van der Waals surface area contributed by atoms with Gasteiger partial charge >= 0.3 is 0 Å². The minimum Gasteiger partial charge on any atom is -0.120 e. The highest BCUT2D eigenvalue weighted by Crippen LogP contribution is 2.31. The topological polar surface area (TPSA) is 0 Å². The number of hydrogen-bond donors (Lipinski definition) is 0. The Balaban J connectivity index is 4.03. The van der Waals surface area contributed by atoms with Crippen molar-refractivity contribution in [3.8, 4) is 0 Å². The van der Waals surface area contributed by atoms with Crippen LogP contribution in [-0.4, -0.2) is 4.87 Å². The van der Waals surface area contributed by atoms with E-state index in [2.05, 4.69) is 41.5 Å². The molecule has 1 heteroatoms. The molecule has 0 radical (unpaired) electrons. The van der Waals surface area contributed by atoms with E-state index >= 15 is 0 Å². The fraction of sp³-hybridized carbons (Fsp3) is 1.00. The second-order valence-electron chi connectivity index (χ2n) is 5.14. The SMILES string of the molecule is CCC(C)C(C)C(C)CC(C)(C)Cl. The van der Waals surface area contributed by atoms with Crippen LogP contribution in [0.1, 0.15) is 54.4 Å². The first-order valence-electron chi connectivity index (χ1n) is 5.46. The zero-order chi connectivity index (χ0) is 10.6. The molecule has 0 saturated carbocycles. The molecular weight excluding hydrogens is 180 g/mol. The maximum atomic E-state index is 6.22. The first-order valence-corrected chi connectivity index (χ1v) is 5.84. The lowest BCUT2D eigenvalue weighted by Gasteiger charge is -2.29. The third-order valence-corrected chi connectivity index (χ3v) is 3.40. The molecule has 0 rings (SSSR count). The molecule has 0 aromatic rings. The number of hydrogen-bond acceptors (Lipinski definition) is 0. The van der Waals surface area contributed by atoms with E-state index in [1.54, 1.807) is 0 Å². The molecule has 0 aliphatic rings. The molecule has 0 spiro atoms. The molecular formula is C12H25Cl. The zero-order valence-electron chi connectivity index (χ0n) is 10.0. The number of halogens is 1. The molecule has 0 aromatic carbocycles. The lowest BCUT2D eigenvalue weighted by molar-refractivity contribution is 0.246. The lowest BCUT2D eigenvalue weighted by Crippen LogP contribution is -2.23. The van der Waals surface area contributed by atoms with Gasteiger partial charge in [-0.25, -0.2) is 0 Å². The molecule has 0 heterocycles. The molecule has 0 bridgehead atoms. The molecule has 0 aliphatic carbocycles. The Morgan fingerprint density at radius 2 is 1.54 bits per heavy atom. The summed E-state index contributed by atoms with van der Waals surface area (Å²) in [6.07, 6.45) is 2.38. The molecule has 3 unspecified atom stereocenters. The molecule has 3 atom stereocenters. The maximum Gasteiger partial charge on any atom is 0.0393 e. The summed E-state index contributed by atoms with van der Waals surface area (Å²) in [5.41, 5.74) is 0. The maximum absolute atomic E-state index is 6.22. The number of alkyl halides is 1. The Morgan fingerprint density at radius 1 is 1.08 bits per heavy atom. The van der Waals surface area contributed by atoms with E-state index in [1.165, 1.54) is 6.42 Å². The molecule has 80 valence electrons. The summed E-state index contributed by atoms with van der Waals surface area (Å²) in [6.45, 7) is 13.5. The zero-order valence-corrected chi connectivity index (χ0v) is 10.8. The highest BCUT2D eigenvalue weighted by atomic mass is 35.5. The third-order valence-electron chi connectivity index (χ3n) is 3.25. The van der Waals surface area contributed by atoms with Gasteiger partial charge in [-0.1, -0.05) is 34.1 Å². The van der Waals surface area contributed by atoms with Gasteiger partial charge in [-0.05, 0) is 38.0 Å². The van der Waals surface area contributed by atoms with Crippen LogP contribution < -0.4 is 0 Å². The average Bonchev–Trinajstić information content (AvgIpc) is 1.98. The van der Waals surface area contributed by atoms with Crippen molar-refractivity contribution in [3.05, 3.63) is 0 Å². The van der Waals surface area contributed by atoms with Gasteiger partial charge in [-0.3, -0.25) is 0 Å². The van der Waals surface area contributed by atoms with Gasteiger partial charge in [-0.2, -0.15) is 0 Å². The normalized spacial score (nSPS) is 19.6. The largest absolute Gasteiger partial charge is 0.120 e. The quantitative estimate of drug-likeness (QED) is 0.569. The standard InChI is InChI=1S/C12H25Cl/c1-7-9(2)11(4)10(3)8-12(5,6)13/h9-11H,7-8H2,1-6H3. The first-order chi connectivity index (χ1) is 5.78. The fourth-order valence-electron chi connectivity index (χ4n) is 1.88. The van der Waals surface area contributed by atoms with Crippen molar-refractivity contribution in [2.75, 3.05) is 0 Å². The van der Waals surface area contributed by atoms with Gasteiger partial charge in [0, 0.05) is 4.87 Å². The van der Waals surface area contributed by atoms with Gasteiger partial charge < -0.3 is 0 Å². The van der Waals surface area contributed by atoms with E-state index in [-0.39, 0.29) is 4.87 Å². The van der Waals surface area contributed by atoms with Crippen LogP contribution >= 0.6 is 11.6 Å². The second kappa shape index (κ2) is 5.24. The van der Waals surface area contributed by atoms with E-state index in [1.807, 2.05) is 0 Å². The first kappa shape index (κ1) is 13.3. The number of rotatable bonds is 5. The summed E-state index contributed by atoms with van der Waals surface area (Å²) in [5, 5.41) is 0. The summed E-state index contributed by atoms with van der Waals surface area (Å²) >= 11 is 6.22. The van der Waals surface area contributed by atoms with Crippen LogP contribution in [0.25, 0.3) is 0 Å². The summed E-state index contributed by atoms with van der Waals surface area (Å²) in [7, 11) is 0. The van der Waals surface area contributed by atoms with Gasteiger partial charge in [0.15, 0.2) is 0 Å². The lowest BCUT2D eigenvalue weighted by atomic mass is 9.79. The van der Waals surface area contributed by atoms with Gasteiger partial charge in [0.1, 0.15) is 0 Å². The Morgan fingerprint density at radius 3 is 1.85 bits per heavy atom. The average molecular weight is 205 g/mol. The molecule has 0 amide bonds. The van der Waals surface area contributed by atoms with Crippen LogP contribution in [0.15, 0.2) is 0 Å². The minimum absolute atomic E-state index is 0.0405. The molecule has 0 fully saturated rings. The van der Waals surface area contributed by atoms with Gasteiger partial charge in [0.2, 0.25) is 0 Å². The Labute approximate surface area is 89.1 Å². The van der Waals surface area contributed by atoms with Gasteiger partial charge in [0.25, 0.3) is 0 Å².